The van der Waals surface area contributed by atoms with Crippen LogP contribution < -0.4 is 0 Å². The molecule has 3 heterocycles. The third-order valence-corrected chi connectivity index (χ3v) is 5.37. The van der Waals surface area contributed by atoms with Gasteiger partial charge in [0.05, 0.1) is 11.9 Å². The standard InChI is InChI=1S/C14H19N5O2S/c1-18-10-7-17-14(18)13-12(15-5-6-16-13)11-3-8-19(9-4-11)22(2,20)21/h5-7,10-11H,3-4,8-9H2,1-2H3. The maximum Gasteiger partial charge on any atom is 0.211 e. The molecular weight excluding hydrogens is 302 g/mol. The first-order valence-corrected chi connectivity index (χ1v) is 9.05. The van der Waals surface area contributed by atoms with E-state index < -0.39 is 10.0 Å². The molecule has 0 spiro atoms. The molecule has 0 aromatic carbocycles. The molecule has 1 aliphatic rings. The molecule has 1 saturated heterocycles. The molecule has 2 aromatic heterocycles. The van der Waals surface area contributed by atoms with Gasteiger partial charge in [-0.05, 0) is 12.8 Å². The lowest BCUT2D eigenvalue weighted by molar-refractivity contribution is 0.318. The Morgan fingerprint density at radius 3 is 2.36 bits per heavy atom. The molecule has 0 radical (unpaired) electrons. The van der Waals surface area contributed by atoms with Crippen LogP contribution in [0.4, 0.5) is 0 Å². The second-order valence-corrected chi connectivity index (χ2v) is 7.57. The van der Waals surface area contributed by atoms with Gasteiger partial charge in [-0.1, -0.05) is 0 Å². The van der Waals surface area contributed by atoms with Crippen molar-refractivity contribution in [3.8, 4) is 11.5 Å². The first-order chi connectivity index (χ1) is 10.5. The lowest BCUT2D eigenvalue weighted by Gasteiger charge is -2.30. The third kappa shape index (κ3) is 2.89. The molecule has 22 heavy (non-hydrogen) atoms. The van der Waals surface area contributed by atoms with Crippen molar-refractivity contribution in [1.29, 1.82) is 0 Å². The molecule has 1 aliphatic heterocycles. The van der Waals surface area contributed by atoms with Gasteiger partial charge < -0.3 is 4.57 Å². The summed E-state index contributed by atoms with van der Waals surface area (Å²) in [5.74, 6) is 0.993. The molecule has 0 saturated carbocycles. The zero-order valence-corrected chi connectivity index (χ0v) is 13.5. The predicted octanol–water partition coefficient (Wildman–Crippen LogP) is 1.02. The summed E-state index contributed by atoms with van der Waals surface area (Å²) in [7, 11) is -1.19. The van der Waals surface area contributed by atoms with E-state index in [2.05, 4.69) is 15.0 Å². The smallest absolute Gasteiger partial charge is 0.211 e. The highest BCUT2D eigenvalue weighted by atomic mass is 32.2. The number of piperidine rings is 1. The van der Waals surface area contributed by atoms with Crippen LogP contribution in [0.3, 0.4) is 0 Å². The molecule has 118 valence electrons. The minimum Gasteiger partial charge on any atom is -0.333 e. The van der Waals surface area contributed by atoms with Crippen LogP contribution in [0.2, 0.25) is 0 Å². The summed E-state index contributed by atoms with van der Waals surface area (Å²) in [6.45, 7) is 1.06. The van der Waals surface area contributed by atoms with Crippen LogP contribution in [0.1, 0.15) is 24.5 Å². The van der Waals surface area contributed by atoms with Crippen molar-refractivity contribution in [1.82, 2.24) is 23.8 Å². The summed E-state index contributed by atoms with van der Waals surface area (Å²) in [5, 5.41) is 0. The fourth-order valence-corrected chi connectivity index (χ4v) is 3.75. The number of hydrogen-bond acceptors (Lipinski definition) is 5. The number of imidazole rings is 1. The van der Waals surface area contributed by atoms with Crippen LogP contribution in [0.25, 0.3) is 11.5 Å². The van der Waals surface area contributed by atoms with Gasteiger partial charge in [-0.15, -0.1) is 0 Å². The molecule has 8 heteroatoms. The first kappa shape index (κ1) is 15.1. The lowest BCUT2D eigenvalue weighted by atomic mass is 9.92. The number of aryl methyl sites for hydroxylation is 1. The fourth-order valence-electron chi connectivity index (χ4n) is 2.87. The van der Waals surface area contributed by atoms with E-state index in [1.165, 1.54) is 10.6 Å². The molecule has 1 fully saturated rings. The Kier molecular flexibility index (Phi) is 3.96. The summed E-state index contributed by atoms with van der Waals surface area (Å²) >= 11 is 0. The minimum atomic E-state index is -3.11. The molecule has 0 N–H and O–H groups in total. The quantitative estimate of drug-likeness (QED) is 0.843. The van der Waals surface area contributed by atoms with Crippen LogP contribution in [0, 0.1) is 0 Å². The van der Waals surface area contributed by atoms with Crippen molar-refractivity contribution in [2.45, 2.75) is 18.8 Å². The summed E-state index contributed by atoms with van der Waals surface area (Å²) in [6.07, 6.45) is 9.73. The largest absolute Gasteiger partial charge is 0.333 e. The van der Waals surface area contributed by atoms with Crippen molar-refractivity contribution in [3.05, 3.63) is 30.5 Å². The SMILES string of the molecule is Cn1ccnc1-c1nccnc1C1CCN(S(C)(=O)=O)CC1. The molecular formula is C14H19N5O2S. The molecule has 0 amide bonds. The Hall–Kier alpha value is -1.80. The van der Waals surface area contributed by atoms with Gasteiger partial charge in [-0.3, -0.25) is 4.98 Å². The third-order valence-electron chi connectivity index (χ3n) is 4.07. The lowest BCUT2D eigenvalue weighted by Crippen LogP contribution is -2.37. The highest BCUT2D eigenvalue weighted by Crippen LogP contribution is 2.32. The molecule has 7 nitrogen and oxygen atoms in total. The van der Waals surface area contributed by atoms with Gasteiger partial charge in [0, 0.05) is 50.8 Å². The van der Waals surface area contributed by atoms with Crippen LogP contribution >= 0.6 is 0 Å². The van der Waals surface area contributed by atoms with E-state index in [0.29, 0.717) is 13.1 Å². The summed E-state index contributed by atoms with van der Waals surface area (Å²) in [5.41, 5.74) is 1.69. The van der Waals surface area contributed by atoms with Crippen LogP contribution in [-0.4, -0.2) is 51.6 Å². The average molecular weight is 321 g/mol. The number of rotatable bonds is 3. The first-order valence-electron chi connectivity index (χ1n) is 7.20. The molecule has 0 bridgehead atoms. The summed E-state index contributed by atoms with van der Waals surface area (Å²) < 4.78 is 26.7. The van der Waals surface area contributed by atoms with Gasteiger partial charge in [0.2, 0.25) is 10.0 Å². The molecule has 0 unspecified atom stereocenters. The predicted molar refractivity (Wildman–Crippen MR) is 82.6 cm³/mol. The number of nitrogens with zero attached hydrogens (tertiary/aromatic N) is 5. The van der Waals surface area contributed by atoms with Gasteiger partial charge in [0.25, 0.3) is 0 Å². The second kappa shape index (κ2) is 5.77. The average Bonchev–Trinajstić information content (AvgIpc) is 2.92. The maximum atomic E-state index is 11.6. The Bertz CT molecular complexity index is 763. The Labute approximate surface area is 130 Å². The highest BCUT2D eigenvalue weighted by Gasteiger charge is 2.29. The van der Waals surface area contributed by atoms with E-state index in [9.17, 15) is 8.42 Å². The van der Waals surface area contributed by atoms with E-state index in [-0.39, 0.29) is 5.92 Å². The van der Waals surface area contributed by atoms with E-state index in [0.717, 1.165) is 30.1 Å². The molecule has 0 atom stereocenters. The zero-order valence-electron chi connectivity index (χ0n) is 12.7. The van der Waals surface area contributed by atoms with Gasteiger partial charge >= 0.3 is 0 Å². The Morgan fingerprint density at radius 2 is 1.77 bits per heavy atom. The van der Waals surface area contributed by atoms with Crippen molar-refractivity contribution in [2.24, 2.45) is 7.05 Å². The van der Waals surface area contributed by atoms with Crippen LogP contribution in [-0.2, 0) is 17.1 Å². The van der Waals surface area contributed by atoms with Crippen molar-refractivity contribution in [3.63, 3.8) is 0 Å². The van der Waals surface area contributed by atoms with Gasteiger partial charge in [-0.25, -0.2) is 22.7 Å². The van der Waals surface area contributed by atoms with Crippen molar-refractivity contribution in [2.75, 3.05) is 19.3 Å². The van der Waals surface area contributed by atoms with E-state index in [1.54, 1.807) is 18.6 Å². The van der Waals surface area contributed by atoms with E-state index in [1.807, 2.05) is 17.8 Å². The van der Waals surface area contributed by atoms with Gasteiger partial charge in [-0.2, -0.15) is 0 Å². The monoisotopic (exact) mass is 321 g/mol. The van der Waals surface area contributed by atoms with Gasteiger partial charge in [0.15, 0.2) is 5.82 Å². The van der Waals surface area contributed by atoms with E-state index >= 15 is 0 Å². The normalized spacial score (nSPS) is 17.7. The van der Waals surface area contributed by atoms with Crippen LogP contribution in [0.15, 0.2) is 24.8 Å². The zero-order chi connectivity index (χ0) is 15.7. The van der Waals surface area contributed by atoms with Crippen molar-refractivity contribution >= 4 is 10.0 Å². The summed E-state index contributed by atoms with van der Waals surface area (Å²) in [6, 6.07) is 0. The highest BCUT2D eigenvalue weighted by molar-refractivity contribution is 7.88. The minimum absolute atomic E-state index is 0.207. The number of hydrogen-bond donors (Lipinski definition) is 0. The Morgan fingerprint density at radius 1 is 1.09 bits per heavy atom. The molecule has 0 aliphatic carbocycles. The maximum absolute atomic E-state index is 11.6. The number of sulfonamides is 1. The fraction of sp³-hybridized carbons (Fsp3) is 0.500. The Balaban J connectivity index is 1.87. The topological polar surface area (TPSA) is 81.0 Å². The molecule has 2 aromatic rings. The number of aromatic nitrogens is 4. The molecule has 3 rings (SSSR count). The summed E-state index contributed by atoms with van der Waals surface area (Å²) in [4.78, 5) is 13.3. The van der Waals surface area contributed by atoms with Crippen LogP contribution in [0.5, 0.6) is 0 Å². The second-order valence-electron chi connectivity index (χ2n) is 5.59. The van der Waals surface area contributed by atoms with E-state index in [4.69, 9.17) is 0 Å². The van der Waals surface area contributed by atoms with Crippen molar-refractivity contribution < 1.29 is 8.42 Å². The van der Waals surface area contributed by atoms with Gasteiger partial charge in [0.1, 0.15) is 5.69 Å².